The molecule has 12 nitrogen and oxygen atoms in total. The molecule has 7 aromatic rings. The van der Waals surface area contributed by atoms with Crippen molar-refractivity contribution >= 4 is 28.6 Å². The molecule has 0 saturated heterocycles. The number of hydrogen-bond acceptors (Lipinski definition) is 10. The number of nitrogen functional groups attached to an aromatic ring is 1. The molecule has 2 aromatic carbocycles. The Kier molecular flexibility index (Phi) is 9.47. The van der Waals surface area contributed by atoms with Crippen LogP contribution in [0.5, 0.6) is 0 Å². The number of anilines is 2. The highest BCUT2D eigenvalue weighted by Gasteiger charge is 2.20. The zero-order valence-electron chi connectivity index (χ0n) is 28.0. The molecule has 49 heavy (non-hydrogen) atoms. The molecule has 4 N–H and O–H groups in total. The van der Waals surface area contributed by atoms with E-state index in [1.807, 2.05) is 92.9 Å². The van der Waals surface area contributed by atoms with Gasteiger partial charge in [-0.05, 0) is 51.0 Å². The molecule has 5 aromatic heterocycles. The fraction of sp³-hybridized carbons (Fsp3) is 0.189. The highest BCUT2D eigenvalue weighted by molar-refractivity contribution is 5.94. The minimum Gasteiger partial charge on any atom is -0.382 e. The Balaban J connectivity index is 0.000000174. The zero-order valence-corrected chi connectivity index (χ0v) is 28.0. The van der Waals surface area contributed by atoms with Gasteiger partial charge >= 0.3 is 0 Å². The van der Waals surface area contributed by atoms with Gasteiger partial charge in [0.15, 0.2) is 5.65 Å². The second-order valence-corrected chi connectivity index (χ2v) is 11.5. The Morgan fingerprint density at radius 2 is 1.37 bits per heavy atom. The van der Waals surface area contributed by atoms with Crippen molar-refractivity contribution in [3.63, 3.8) is 0 Å². The van der Waals surface area contributed by atoms with E-state index in [0.29, 0.717) is 30.4 Å². The summed E-state index contributed by atoms with van der Waals surface area (Å²) in [5, 5.41) is 14.0. The van der Waals surface area contributed by atoms with Crippen LogP contribution in [0, 0.1) is 27.7 Å². The largest absolute Gasteiger partial charge is 0.382 e. The SMILES string of the molecule is CNC(=O)c1nc2ncc(-c3c(C)noc3C)cc2n1Cc1ccccc1.Cc1noc(C)c1-c1cnc(N)c(NCc2ccccc2)c1. The number of nitrogens with zero attached hydrogens (tertiary/aromatic N) is 6. The van der Waals surface area contributed by atoms with Gasteiger partial charge in [0, 0.05) is 54.8 Å². The molecule has 0 spiro atoms. The van der Waals surface area contributed by atoms with Gasteiger partial charge in [0.1, 0.15) is 17.3 Å². The van der Waals surface area contributed by atoms with Gasteiger partial charge in [-0.15, -0.1) is 0 Å². The van der Waals surface area contributed by atoms with Crippen molar-refractivity contribution < 1.29 is 13.8 Å². The van der Waals surface area contributed by atoms with Crippen LogP contribution in [-0.2, 0) is 13.1 Å². The van der Waals surface area contributed by atoms with Crippen LogP contribution in [0.1, 0.15) is 44.7 Å². The maximum absolute atomic E-state index is 12.4. The number of aromatic nitrogens is 6. The van der Waals surface area contributed by atoms with Crippen molar-refractivity contribution in [2.45, 2.75) is 40.8 Å². The van der Waals surface area contributed by atoms with Crippen molar-refractivity contribution in [1.29, 1.82) is 0 Å². The average Bonchev–Trinajstić information content (AvgIpc) is 3.77. The number of carbonyl (C=O) groups is 1. The molecular weight excluding hydrogens is 618 g/mol. The van der Waals surface area contributed by atoms with Gasteiger partial charge in [-0.25, -0.2) is 15.0 Å². The van der Waals surface area contributed by atoms with Crippen LogP contribution in [0.3, 0.4) is 0 Å². The van der Waals surface area contributed by atoms with Gasteiger partial charge in [-0.3, -0.25) is 4.79 Å². The lowest BCUT2D eigenvalue weighted by atomic mass is 10.1. The Morgan fingerprint density at radius 1 is 0.796 bits per heavy atom. The molecule has 5 heterocycles. The first-order chi connectivity index (χ1) is 23.7. The molecule has 248 valence electrons. The van der Waals surface area contributed by atoms with Crippen LogP contribution in [-0.4, -0.2) is 42.8 Å². The minimum absolute atomic E-state index is 0.247. The first-order valence-electron chi connectivity index (χ1n) is 15.8. The number of rotatable bonds is 8. The van der Waals surface area contributed by atoms with E-state index in [4.69, 9.17) is 14.8 Å². The Labute approximate surface area is 283 Å². The summed E-state index contributed by atoms with van der Waals surface area (Å²) in [6.45, 7) is 8.79. The van der Waals surface area contributed by atoms with E-state index in [1.165, 1.54) is 5.56 Å². The summed E-state index contributed by atoms with van der Waals surface area (Å²) in [6, 6.07) is 24.1. The number of carbonyl (C=O) groups excluding carboxylic acids is 1. The Hall–Kier alpha value is -6.30. The van der Waals surface area contributed by atoms with Gasteiger partial charge in [-0.2, -0.15) is 0 Å². The second kappa shape index (κ2) is 14.2. The summed E-state index contributed by atoms with van der Waals surface area (Å²) in [7, 11) is 1.59. The molecule has 0 aliphatic heterocycles. The van der Waals surface area contributed by atoms with Crippen molar-refractivity contribution in [1.82, 2.24) is 35.1 Å². The quantitative estimate of drug-likeness (QED) is 0.161. The van der Waals surface area contributed by atoms with Gasteiger partial charge in [-0.1, -0.05) is 71.0 Å². The maximum atomic E-state index is 12.4. The fourth-order valence-corrected chi connectivity index (χ4v) is 5.69. The van der Waals surface area contributed by atoms with E-state index in [0.717, 1.165) is 61.9 Å². The molecule has 12 heteroatoms. The zero-order chi connectivity index (χ0) is 34.5. The summed E-state index contributed by atoms with van der Waals surface area (Å²) < 4.78 is 12.4. The third-order valence-electron chi connectivity index (χ3n) is 8.11. The number of nitrogens with one attached hydrogen (secondary N) is 2. The first kappa shape index (κ1) is 32.6. The molecule has 0 aliphatic carbocycles. The average molecular weight is 656 g/mol. The summed E-state index contributed by atoms with van der Waals surface area (Å²) in [5.41, 5.74) is 15.7. The van der Waals surface area contributed by atoms with E-state index in [1.54, 1.807) is 19.4 Å². The molecule has 0 radical (unpaired) electrons. The van der Waals surface area contributed by atoms with Crippen molar-refractivity contribution in [3.05, 3.63) is 125 Å². The highest BCUT2D eigenvalue weighted by atomic mass is 16.5. The van der Waals surface area contributed by atoms with E-state index < -0.39 is 0 Å². The number of amides is 1. The first-order valence-corrected chi connectivity index (χ1v) is 15.8. The number of aryl methyl sites for hydroxylation is 4. The lowest BCUT2D eigenvalue weighted by molar-refractivity contribution is 0.0949. The molecule has 0 saturated carbocycles. The smallest absolute Gasteiger partial charge is 0.287 e. The van der Waals surface area contributed by atoms with Gasteiger partial charge in [0.25, 0.3) is 5.91 Å². The van der Waals surface area contributed by atoms with Crippen molar-refractivity contribution in [2.24, 2.45) is 0 Å². The van der Waals surface area contributed by atoms with Gasteiger partial charge in [0.05, 0.1) is 22.6 Å². The van der Waals surface area contributed by atoms with Crippen LogP contribution >= 0.6 is 0 Å². The third-order valence-corrected chi connectivity index (χ3v) is 8.11. The predicted molar refractivity (Wildman–Crippen MR) is 189 cm³/mol. The standard InChI is InChI=1S/C20H19N5O2.C17H18N4O/c1-12-17(13(2)27-24-12)15-9-16-18(22-10-15)23-19(20(26)21-3)25(16)11-14-7-5-4-6-8-14;1-11-16(12(2)22-21-11)14-8-15(17(18)20-10-14)19-9-13-6-4-3-5-7-13/h4-10H,11H2,1-3H3,(H,21,26);3-8,10,19H,9H2,1-2H3,(H2,18,20). The molecule has 0 fully saturated rings. The van der Waals surface area contributed by atoms with Crippen molar-refractivity contribution in [2.75, 3.05) is 18.1 Å². The van der Waals surface area contributed by atoms with Crippen LogP contribution in [0.15, 0.2) is 94.2 Å². The topological polar surface area (TPSA) is 163 Å². The van der Waals surface area contributed by atoms with Gasteiger partial charge in [0.2, 0.25) is 5.82 Å². The van der Waals surface area contributed by atoms with E-state index in [-0.39, 0.29) is 5.91 Å². The molecule has 0 unspecified atom stereocenters. The number of fused-ring (bicyclic) bond motifs is 1. The van der Waals surface area contributed by atoms with Crippen LogP contribution < -0.4 is 16.4 Å². The number of nitrogens with two attached hydrogens (primary N) is 1. The number of imidazole rings is 1. The molecule has 0 atom stereocenters. The number of hydrogen-bond donors (Lipinski definition) is 3. The summed E-state index contributed by atoms with van der Waals surface area (Å²) in [4.78, 5) is 25.6. The second-order valence-electron chi connectivity index (χ2n) is 11.5. The van der Waals surface area contributed by atoms with Crippen LogP contribution in [0.2, 0.25) is 0 Å². The summed E-state index contributed by atoms with van der Waals surface area (Å²) in [6.07, 6.45) is 3.48. The lowest BCUT2D eigenvalue weighted by Gasteiger charge is -2.10. The minimum atomic E-state index is -0.247. The van der Waals surface area contributed by atoms with E-state index in [2.05, 4.69) is 48.0 Å². The normalized spacial score (nSPS) is 10.9. The highest BCUT2D eigenvalue weighted by Crippen LogP contribution is 2.31. The molecule has 0 bridgehead atoms. The van der Waals surface area contributed by atoms with E-state index >= 15 is 0 Å². The monoisotopic (exact) mass is 655 g/mol. The van der Waals surface area contributed by atoms with Gasteiger partial charge < -0.3 is 30.0 Å². The summed E-state index contributed by atoms with van der Waals surface area (Å²) >= 11 is 0. The molecule has 0 aliphatic rings. The predicted octanol–water partition coefficient (Wildman–Crippen LogP) is 6.66. The third kappa shape index (κ3) is 7.03. The van der Waals surface area contributed by atoms with Crippen LogP contribution in [0.4, 0.5) is 11.5 Å². The van der Waals surface area contributed by atoms with Crippen molar-refractivity contribution in [3.8, 4) is 22.3 Å². The number of benzene rings is 2. The maximum Gasteiger partial charge on any atom is 0.287 e. The fourth-order valence-electron chi connectivity index (χ4n) is 5.69. The van der Waals surface area contributed by atoms with E-state index in [9.17, 15) is 4.79 Å². The lowest BCUT2D eigenvalue weighted by Crippen LogP contribution is -2.23. The molecule has 7 rings (SSSR count). The molecule has 1 amide bonds. The number of pyridine rings is 2. The Bertz CT molecular complexity index is 2180. The van der Waals surface area contributed by atoms with Crippen LogP contribution in [0.25, 0.3) is 33.4 Å². The molecular formula is C37H37N9O3. The summed E-state index contributed by atoms with van der Waals surface area (Å²) in [5.74, 6) is 2.07. The Morgan fingerprint density at radius 3 is 1.94 bits per heavy atom.